The molecule has 1 aliphatic heterocycles. The molecule has 0 radical (unpaired) electrons. The van der Waals surface area contributed by atoms with Gasteiger partial charge in [0, 0.05) is 5.75 Å². The van der Waals surface area contributed by atoms with Crippen molar-refractivity contribution in [1.29, 1.82) is 0 Å². The summed E-state index contributed by atoms with van der Waals surface area (Å²) in [6, 6.07) is 8.17. The second kappa shape index (κ2) is 4.25. The molecule has 2 unspecified atom stereocenters. The lowest BCUT2D eigenvalue weighted by atomic mass is 10.2. The Hall–Kier alpha value is -0.750. The van der Waals surface area contributed by atoms with Gasteiger partial charge in [-0.25, -0.2) is 4.39 Å². The van der Waals surface area contributed by atoms with Crippen LogP contribution < -0.4 is 0 Å². The molecule has 0 amide bonds. The summed E-state index contributed by atoms with van der Waals surface area (Å²) in [5.41, 5.74) is 0.477. The van der Waals surface area contributed by atoms with E-state index in [-0.39, 0.29) is 10.7 Å². The molecule has 6 heteroatoms. The molecule has 0 aromatic heterocycles. The first kappa shape index (κ1) is 11.7. The van der Waals surface area contributed by atoms with E-state index in [1.807, 2.05) is 0 Å². The van der Waals surface area contributed by atoms with Crippen molar-refractivity contribution < 1.29 is 17.6 Å². The van der Waals surface area contributed by atoms with Crippen LogP contribution >= 0.6 is 11.8 Å². The molecule has 2 atom stereocenters. The second-order valence-electron chi connectivity index (χ2n) is 3.41. The van der Waals surface area contributed by atoms with Crippen molar-refractivity contribution in [2.24, 2.45) is 0 Å². The molecular weight excluding hydrogens is 242 g/mol. The Morgan fingerprint density at radius 1 is 1.19 bits per heavy atom. The first-order valence-electron chi connectivity index (χ1n) is 4.66. The minimum atomic E-state index is -4.64. The molecule has 1 aromatic carbocycles. The zero-order chi connectivity index (χ0) is 11.8. The SMILES string of the molecule is FC1CSC(c2ccccc2)N1C(F)(F)F. The molecule has 16 heavy (non-hydrogen) atoms. The zero-order valence-corrected chi connectivity index (χ0v) is 8.93. The first-order valence-corrected chi connectivity index (χ1v) is 5.71. The predicted octanol–water partition coefficient (Wildman–Crippen LogP) is 3.55. The largest absolute Gasteiger partial charge is 0.463 e. The Labute approximate surface area is 94.4 Å². The van der Waals surface area contributed by atoms with Crippen molar-refractivity contribution in [2.75, 3.05) is 5.75 Å². The van der Waals surface area contributed by atoms with Gasteiger partial charge in [0.1, 0.15) is 0 Å². The maximum atomic E-state index is 13.2. The van der Waals surface area contributed by atoms with Gasteiger partial charge in [-0.3, -0.25) is 0 Å². The predicted molar refractivity (Wildman–Crippen MR) is 54.4 cm³/mol. The van der Waals surface area contributed by atoms with E-state index < -0.39 is 18.0 Å². The molecule has 2 rings (SSSR count). The first-order chi connectivity index (χ1) is 7.50. The average molecular weight is 251 g/mol. The van der Waals surface area contributed by atoms with Gasteiger partial charge >= 0.3 is 6.30 Å². The lowest BCUT2D eigenvalue weighted by Gasteiger charge is -2.27. The summed E-state index contributed by atoms with van der Waals surface area (Å²) in [6.45, 7) is 0. The highest BCUT2D eigenvalue weighted by molar-refractivity contribution is 7.99. The highest BCUT2D eigenvalue weighted by Gasteiger charge is 2.51. The summed E-state index contributed by atoms with van der Waals surface area (Å²) in [6.07, 6.45) is -6.60. The molecule has 1 aliphatic rings. The second-order valence-corrected chi connectivity index (χ2v) is 4.52. The van der Waals surface area contributed by atoms with Crippen molar-refractivity contribution in [3.63, 3.8) is 0 Å². The number of thioether (sulfide) groups is 1. The maximum absolute atomic E-state index is 13.2. The molecule has 0 aliphatic carbocycles. The van der Waals surface area contributed by atoms with E-state index in [0.717, 1.165) is 11.8 Å². The van der Waals surface area contributed by atoms with E-state index in [0.29, 0.717) is 5.56 Å². The lowest BCUT2D eigenvalue weighted by Crippen LogP contribution is -2.41. The summed E-state index contributed by atoms with van der Waals surface area (Å²) in [5.74, 6) is -0.154. The number of alkyl halides is 4. The Kier molecular flexibility index (Phi) is 3.12. The van der Waals surface area contributed by atoms with E-state index in [4.69, 9.17) is 0 Å². The van der Waals surface area contributed by atoms with Gasteiger partial charge in [-0.15, -0.1) is 11.8 Å². The van der Waals surface area contributed by atoms with Gasteiger partial charge in [-0.05, 0) is 5.56 Å². The Bertz CT molecular complexity index is 354. The average Bonchev–Trinajstić information content (AvgIpc) is 2.61. The van der Waals surface area contributed by atoms with Crippen LogP contribution in [0.1, 0.15) is 10.9 Å². The number of halogens is 4. The fourth-order valence-corrected chi connectivity index (χ4v) is 2.91. The van der Waals surface area contributed by atoms with Crippen LogP contribution in [-0.4, -0.2) is 23.2 Å². The summed E-state index contributed by atoms with van der Waals surface area (Å²) in [4.78, 5) is -0.0347. The molecule has 1 nitrogen and oxygen atoms in total. The summed E-state index contributed by atoms with van der Waals surface area (Å²) < 4.78 is 51.1. The molecule has 0 spiro atoms. The summed E-state index contributed by atoms with van der Waals surface area (Å²) in [5, 5.41) is -0.976. The molecule has 0 saturated carbocycles. The van der Waals surface area contributed by atoms with Gasteiger partial charge in [0.25, 0.3) is 0 Å². The van der Waals surface area contributed by atoms with Crippen molar-refractivity contribution in [1.82, 2.24) is 4.90 Å². The smallest absolute Gasteiger partial charge is 0.229 e. The van der Waals surface area contributed by atoms with Crippen LogP contribution in [0.3, 0.4) is 0 Å². The van der Waals surface area contributed by atoms with Gasteiger partial charge in [-0.2, -0.15) is 18.1 Å². The Morgan fingerprint density at radius 2 is 1.81 bits per heavy atom. The Morgan fingerprint density at radius 3 is 2.38 bits per heavy atom. The van der Waals surface area contributed by atoms with E-state index in [9.17, 15) is 17.6 Å². The molecule has 1 aromatic rings. The molecule has 1 heterocycles. The van der Waals surface area contributed by atoms with Gasteiger partial charge in [-0.1, -0.05) is 30.3 Å². The molecule has 0 bridgehead atoms. The quantitative estimate of drug-likeness (QED) is 0.554. The third-order valence-electron chi connectivity index (χ3n) is 2.32. The van der Waals surface area contributed by atoms with Gasteiger partial charge in [0.05, 0.1) is 5.37 Å². The fraction of sp³-hybridized carbons (Fsp3) is 0.400. The monoisotopic (exact) mass is 251 g/mol. The highest BCUT2D eigenvalue weighted by atomic mass is 32.2. The number of nitrogens with zero attached hydrogens (tertiary/aromatic N) is 1. The number of hydrogen-bond acceptors (Lipinski definition) is 2. The molecular formula is C10H9F4NS. The third kappa shape index (κ3) is 2.17. The van der Waals surface area contributed by atoms with E-state index in [1.165, 1.54) is 0 Å². The van der Waals surface area contributed by atoms with Gasteiger partial charge < -0.3 is 0 Å². The normalized spacial score (nSPS) is 27.2. The van der Waals surface area contributed by atoms with Crippen LogP contribution in [-0.2, 0) is 0 Å². The molecule has 88 valence electrons. The van der Waals surface area contributed by atoms with Crippen LogP contribution in [0.25, 0.3) is 0 Å². The number of benzene rings is 1. The molecule has 0 N–H and O–H groups in total. The van der Waals surface area contributed by atoms with E-state index in [2.05, 4.69) is 0 Å². The van der Waals surface area contributed by atoms with Crippen molar-refractivity contribution in [3.05, 3.63) is 35.9 Å². The maximum Gasteiger partial charge on any atom is 0.463 e. The van der Waals surface area contributed by atoms with E-state index in [1.54, 1.807) is 30.3 Å². The highest BCUT2D eigenvalue weighted by Crippen LogP contribution is 2.47. The van der Waals surface area contributed by atoms with Crippen LogP contribution in [0.15, 0.2) is 30.3 Å². The molecule has 1 fully saturated rings. The third-order valence-corrected chi connectivity index (χ3v) is 3.61. The minimum absolute atomic E-state index is 0.0347. The zero-order valence-electron chi connectivity index (χ0n) is 8.12. The van der Waals surface area contributed by atoms with Crippen LogP contribution in [0, 0.1) is 0 Å². The number of hydrogen-bond donors (Lipinski definition) is 0. The van der Waals surface area contributed by atoms with Crippen LogP contribution in [0.4, 0.5) is 17.6 Å². The fourth-order valence-electron chi connectivity index (χ4n) is 1.64. The standard InChI is InChI=1S/C10H9F4NS/c11-8-6-16-9(15(8)10(12,13)14)7-4-2-1-3-5-7/h1-5,8-9H,6H2. The van der Waals surface area contributed by atoms with Crippen LogP contribution in [0.5, 0.6) is 0 Å². The Balaban J connectivity index is 2.28. The van der Waals surface area contributed by atoms with Gasteiger partial charge in [0.2, 0.25) is 0 Å². The number of rotatable bonds is 1. The van der Waals surface area contributed by atoms with Crippen molar-refractivity contribution in [3.8, 4) is 0 Å². The topological polar surface area (TPSA) is 3.24 Å². The summed E-state index contributed by atoms with van der Waals surface area (Å²) >= 11 is 0.969. The summed E-state index contributed by atoms with van der Waals surface area (Å²) in [7, 11) is 0. The van der Waals surface area contributed by atoms with Crippen LogP contribution in [0.2, 0.25) is 0 Å². The van der Waals surface area contributed by atoms with Crippen molar-refractivity contribution in [2.45, 2.75) is 18.0 Å². The van der Waals surface area contributed by atoms with E-state index >= 15 is 0 Å². The van der Waals surface area contributed by atoms with Gasteiger partial charge in [0.15, 0.2) is 6.30 Å². The lowest BCUT2D eigenvalue weighted by molar-refractivity contribution is -0.271. The molecule has 1 saturated heterocycles. The van der Waals surface area contributed by atoms with Crippen molar-refractivity contribution >= 4 is 11.8 Å². The minimum Gasteiger partial charge on any atom is -0.229 e.